The van der Waals surface area contributed by atoms with Gasteiger partial charge in [0.05, 0.1) is 5.97 Å². The van der Waals surface area contributed by atoms with Gasteiger partial charge in [-0.25, -0.2) is 0 Å². The van der Waals surface area contributed by atoms with Crippen LogP contribution in [0.4, 0.5) is 0 Å². The first-order valence-corrected chi connectivity index (χ1v) is 6.46. The van der Waals surface area contributed by atoms with Crippen LogP contribution < -0.4 is 5.11 Å². The quantitative estimate of drug-likeness (QED) is 0.817. The summed E-state index contributed by atoms with van der Waals surface area (Å²) in [7, 11) is 0. The largest absolute Gasteiger partial charge is 0.549 e. The number of hydrogen-bond donors (Lipinski definition) is 0. The molecule has 4 heteroatoms. The Morgan fingerprint density at radius 1 is 1.25 bits per heavy atom. The summed E-state index contributed by atoms with van der Waals surface area (Å²) in [5.74, 6) is -1.08. The van der Waals surface area contributed by atoms with Crippen LogP contribution in [0.1, 0.15) is 0 Å². The molecule has 0 saturated carbocycles. The van der Waals surface area contributed by atoms with E-state index in [2.05, 4.69) is 15.9 Å². The summed E-state index contributed by atoms with van der Waals surface area (Å²) in [6.45, 7) is 0. The van der Waals surface area contributed by atoms with Crippen LogP contribution in [0, 0.1) is 0 Å². The van der Waals surface area contributed by atoms with E-state index in [0.29, 0.717) is 0 Å². The minimum Gasteiger partial charge on any atom is -0.549 e. The summed E-state index contributed by atoms with van der Waals surface area (Å²) in [6.07, 6.45) is 0. The number of carbonyl (C=O) groups excluding carboxylic acids is 1. The van der Waals surface area contributed by atoms with Gasteiger partial charge >= 0.3 is 0 Å². The van der Waals surface area contributed by atoms with Crippen LogP contribution in [0.15, 0.2) is 45.8 Å². The number of halogens is 1. The molecular weight excluding hydrogens is 288 g/mol. The van der Waals surface area contributed by atoms with Gasteiger partial charge in [0.1, 0.15) is 0 Å². The van der Waals surface area contributed by atoms with Gasteiger partial charge in [-0.15, -0.1) is 11.8 Å². The van der Waals surface area contributed by atoms with Crippen LogP contribution in [0.2, 0.25) is 0 Å². The number of hydrogen-bond acceptors (Lipinski definition) is 3. The molecule has 2 rings (SSSR count). The molecule has 0 unspecified atom stereocenters. The summed E-state index contributed by atoms with van der Waals surface area (Å²) < 4.78 is 0.942. The molecule has 0 radical (unpaired) electrons. The zero-order valence-corrected chi connectivity index (χ0v) is 10.7. The van der Waals surface area contributed by atoms with E-state index in [0.717, 1.165) is 20.1 Å². The number of benzene rings is 2. The highest BCUT2D eigenvalue weighted by Gasteiger charge is 2.04. The molecule has 0 aromatic heterocycles. The normalized spacial score (nSPS) is 10.6. The third kappa shape index (κ3) is 2.39. The van der Waals surface area contributed by atoms with Gasteiger partial charge in [-0.1, -0.05) is 30.3 Å². The number of carbonyl (C=O) groups is 1. The van der Waals surface area contributed by atoms with Crippen LogP contribution >= 0.6 is 27.7 Å². The van der Waals surface area contributed by atoms with Crippen LogP contribution in [0.25, 0.3) is 10.8 Å². The first-order valence-electron chi connectivity index (χ1n) is 4.68. The topological polar surface area (TPSA) is 40.1 Å². The maximum Gasteiger partial charge on any atom is 0.0517 e. The fraction of sp³-hybridized carbons (Fsp3) is 0.0833. The molecule has 0 amide bonds. The molecule has 0 spiro atoms. The highest BCUT2D eigenvalue weighted by molar-refractivity contribution is 9.10. The minimum atomic E-state index is -1.05. The third-order valence-electron chi connectivity index (χ3n) is 2.17. The summed E-state index contributed by atoms with van der Waals surface area (Å²) >= 11 is 4.76. The van der Waals surface area contributed by atoms with Gasteiger partial charge < -0.3 is 9.90 Å². The van der Waals surface area contributed by atoms with E-state index in [-0.39, 0.29) is 5.75 Å². The van der Waals surface area contributed by atoms with E-state index < -0.39 is 5.97 Å². The maximum atomic E-state index is 10.4. The molecule has 0 saturated heterocycles. The monoisotopic (exact) mass is 295 g/mol. The van der Waals surface area contributed by atoms with Crippen LogP contribution in [-0.4, -0.2) is 11.7 Å². The molecule has 0 bridgehead atoms. The molecule has 0 heterocycles. The first-order chi connectivity index (χ1) is 7.68. The van der Waals surface area contributed by atoms with E-state index in [9.17, 15) is 9.90 Å². The van der Waals surface area contributed by atoms with Gasteiger partial charge in [-0.2, -0.15) is 0 Å². The molecule has 2 aromatic rings. The second-order valence-electron chi connectivity index (χ2n) is 3.26. The summed E-state index contributed by atoms with van der Waals surface area (Å²) in [5.41, 5.74) is 0. The fourth-order valence-corrected chi connectivity index (χ4v) is 2.97. The molecule has 0 aliphatic carbocycles. The van der Waals surface area contributed by atoms with Gasteiger partial charge in [-0.3, -0.25) is 0 Å². The summed E-state index contributed by atoms with van der Waals surface area (Å²) in [4.78, 5) is 11.3. The zero-order valence-electron chi connectivity index (χ0n) is 8.27. The molecule has 82 valence electrons. The van der Waals surface area contributed by atoms with Gasteiger partial charge in [0.2, 0.25) is 0 Å². The van der Waals surface area contributed by atoms with Crippen molar-refractivity contribution in [3.8, 4) is 0 Å². The average molecular weight is 296 g/mol. The van der Waals surface area contributed by atoms with Crippen LogP contribution in [0.3, 0.4) is 0 Å². The van der Waals surface area contributed by atoms with Crippen LogP contribution in [-0.2, 0) is 4.79 Å². The van der Waals surface area contributed by atoms with Crippen molar-refractivity contribution in [1.82, 2.24) is 0 Å². The lowest BCUT2D eigenvalue weighted by atomic mass is 10.1. The minimum absolute atomic E-state index is 0.0308. The van der Waals surface area contributed by atoms with Crippen molar-refractivity contribution in [2.75, 3.05) is 5.75 Å². The van der Waals surface area contributed by atoms with Gasteiger partial charge in [0.25, 0.3) is 0 Å². The van der Waals surface area contributed by atoms with Crippen molar-refractivity contribution >= 4 is 44.4 Å². The molecule has 16 heavy (non-hydrogen) atoms. The second kappa shape index (κ2) is 4.89. The predicted octanol–water partition coefficient (Wildman–Crippen LogP) is 2.44. The second-order valence-corrected chi connectivity index (χ2v) is 5.07. The van der Waals surface area contributed by atoms with E-state index in [4.69, 9.17) is 0 Å². The Bertz CT molecular complexity index is 540. The van der Waals surface area contributed by atoms with Gasteiger partial charge in [0.15, 0.2) is 0 Å². The Morgan fingerprint density at radius 3 is 2.75 bits per heavy atom. The SMILES string of the molecule is O=C([O-])CSc1ccc2ccccc2c1Br. The van der Waals surface area contributed by atoms with Crippen molar-refractivity contribution in [3.63, 3.8) is 0 Å². The number of aliphatic carboxylic acids is 1. The molecule has 2 aromatic carbocycles. The van der Waals surface area contributed by atoms with Crippen molar-refractivity contribution in [1.29, 1.82) is 0 Å². The molecule has 0 aliphatic heterocycles. The van der Waals surface area contributed by atoms with Crippen molar-refractivity contribution in [2.24, 2.45) is 0 Å². The van der Waals surface area contributed by atoms with E-state index in [1.807, 2.05) is 36.4 Å². The standard InChI is InChI=1S/C12H9BrO2S/c13-12-9-4-2-1-3-8(9)5-6-10(12)16-7-11(14)15/h1-6H,7H2,(H,14,15)/p-1. The number of carboxylic acid groups (broad SMARTS) is 1. The summed E-state index contributed by atoms with van der Waals surface area (Å²) in [6, 6.07) is 11.9. The Morgan fingerprint density at radius 2 is 2.00 bits per heavy atom. The van der Waals surface area contributed by atoms with Crippen molar-refractivity contribution < 1.29 is 9.90 Å². The Labute approximate surface area is 106 Å². The lowest BCUT2D eigenvalue weighted by molar-refractivity contribution is -0.301. The first kappa shape index (κ1) is 11.5. The van der Waals surface area contributed by atoms with Gasteiger partial charge in [-0.05, 0) is 32.8 Å². The molecule has 0 fully saturated rings. The molecule has 0 aliphatic rings. The van der Waals surface area contributed by atoms with E-state index in [1.54, 1.807) is 0 Å². The zero-order chi connectivity index (χ0) is 11.5. The molecule has 0 atom stereocenters. The fourth-order valence-electron chi connectivity index (χ4n) is 1.46. The lowest BCUT2D eigenvalue weighted by Gasteiger charge is -2.08. The lowest BCUT2D eigenvalue weighted by Crippen LogP contribution is -2.24. The smallest absolute Gasteiger partial charge is 0.0517 e. The molecule has 2 nitrogen and oxygen atoms in total. The molecular formula is C12H8BrO2S-. The third-order valence-corrected chi connectivity index (χ3v) is 4.32. The van der Waals surface area contributed by atoms with Crippen LogP contribution in [0.5, 0.6) is 0 Å². The predicted molar refractivity (Wildman–Crippen MR) is 67.4 cm³/mol. The van der Waals surface area contributed by atoms with Crippen molar-refractivity contribution in [2.45, 2.75) is 4.90 Å². The highest BCUT2D eigenvalue weighted by Crippen LogP contribution is 2.33. The number of rotatable bonds is 3. The van der Waals surface area contributed by atoms with E-state index in [1.165, 1.54) is 11.8 Å². The summed E-state index contributed by atoms with van der Waals surface area (Å²) in [5, 5.41) is 12.6. The molecule has 0 N–H and O–H groups in total. The Hall–Kier alpha value is -1.00. The highest BCUT2D eigenvalue weighted by atomic mass is 79.9. The average Bonchev–Trinajstić information content (AvgIpc) is 2.28. The number of carboxylic acids is 1. The Balaban J connectivity index is 2.40. The maximum absolute atomic E-state index is 10.4. The number of thioether (sulfide) groups is 1. The Kier molecular flexibility index (Phi) is 3.51. The van der Waals surface area contributed by atoms with E-state index >= 15 is 0 Å². The number of fused-ring (bicyclic) bond motifs is 1. The van der Waals surface area contributed by atoms with Crippen molar-refractivity contribution in [3.05, 3.63) is 40.9 Å². The van der Waals surface area contributed by atoms with Gasteiger partial charge in [0, 0.05) is 15.1 Å².